The van der Waals surface area contributed by atoms with Gasteiger partial charge in [0.15, 0.2) is 3.79 Å². The molecule has 6 nitrogen and oxygen atoms in total. The number of halogens is 3. The van der Waals surface area contributed by atoms with Gasteiger partial charge in [0.05, 0.1) is 13.2 Å². The number of rotatable bonds is 8. The van der Waals surface area contributed by atoms with Gasteiger partial charge in [-0.25, -0.2) is 0 Å². The minimum atomic E-state index is -1.37. The van der Waals surface area contributed by atoms with E-state index in [0.717, 1.165) is 6.42 Å². The molecule has 1 rings (SSSR count). The van der Waals surface area contributed by atoms with Crippen molar-refractivity contribution in [3.8, 4) is 0 Å². The molecular formula is C18H29Cl3N2O4. The van der Waals surface area contributed by atoms with E-state index in [1.807, 2.05) is 20.8 Å². The highest BCUT2D eigenvalue weighted by atomic mass is 35.6. The maximum absolute atomic E-state index is 12.3. The number of carbonyl (C=O) groups excluding carboxylic acids is 3. The number of methoxy groups -OCH3 is 1. The number of ether oxygens (including phenoxy) is 1. The molecule has 0 radical (unpaired) electrons. The van der Waals surface area contributed by atoms with Crippen LogP contribution >= 0.6 is 34.8 Å². The van der Waals surface area contributed by atoms with Crippen molar-refractivity contribution in [3.05, 3.63) is 11.8 Å². The van der Waals surface area contributed by atoms with Gasteiger partial charge in [0.2, 0.25) is 11.8 Å². The molecule has 0 spiro atoms. The lowest BCUT2D eigenvalue weighted by Gasteiger charge is -2.26. The molecule has 1 heterocycles. The van der Waals surface area contributed by atoms with E-state index in [1.54, 1.807) is 0 Å². The number of carbonyl (C=O) groups is 3. The van der Waals surface area contributed by atoms with Crippen LogP contribution in [-0.2, 0) is 19.1 Å². The Labute approximate surface area is 176 Å². The van der Waals surface area contributed by atoms with E-state index < -0.39 is 3.79 Å². The van der Waals surface area contributed by atoms with Gasteiger partial charge in [0.1, 0.15) is 5.76 Å². The van der Waals surface area contributed by atoms with Gasteiger partial charge in [-0.3, -0.25) is 19.3 Å². The highest BCUT2D eigenvalue weighted by molar-refractivity contribution is 6.67. The predicted molar refractivity (Wildman–Crippen MR) is 108 cm³/mol. The first-order valence-electron chi connectivity index (χ1n) is 8.89. The van der Waals surface area contributed by atoms with Gasteiger partial charge in [-0.15, -0.1) is 0 Å². The lowest BCUT2D eigenvalue weighted by Crippen LogP contribution is -2.41. The molecule has 0 saturated carbocycles. The van der Waals surface area contributed by atoms with E-state index in [4.69, 9.17) is 45.3 Å². The van der Waals surface area contributed by atoms with Gasteiger partial charge >= 0.3 is 0 Å². The average Bonchev–Trinajstić information content (AvgIpc) is 2.81. The van der Waals surface area contributed by atoms with Crippen LogP contribution in [0.25, 0.3) is 0 Å². The number of nitrogens with zero attached hydrogens (tertiary/aromatic N) is 1. The Bertz CT molecular complexity index is 545. The molecule has 0 aromatic heterocycles. The maximum Gasteiger partial charge on any atom is 0.257 e. The molecule has 1 aliphatic heterocycles. The van der Waals surface area contributed by atoms with E-state index in [0.29, 0.717) is 30.9 Å². The lowest BCUT2D eigenvalue weighted by atomic mass is 10.0. The molecule has 0 aromatic rings. The Morgan fingerprint density at radius 2 is 1.89 bits per heavy atom. The van der Waals surface area contributed by atoms with Gasteiger partial charge < -0.3 is 10.5 Å². The molecule has 1 aliphatic rings. The predicted octanol–water partition coefficient (Wildman–Crippen LogP) is 4.11. The molecule has 0 aliphatic carbocycles. The normalized spacial score (nSPS) is 16.7. The Morgan fingerprint density at radius 1 is 1.30 bits per heavy atom. The summed E-state index contributed by atoms with van der Waals surface area (Å²) in [7, 11) is 1.50. The van der Waals surface area contributed by atoms with Crippen molar-refractivity contribution in [2.24, 2.45) is 11.7 Å². The van der Waals surface area contributed by atoms with E-state index in [1.165, 1.54) is 18.1 Å². The quantitative estimate of drug-likeness (QED) is 0.572. The number of nitrogens with two attached hydrogens (primary N) is 1. The van der Waals surface area contributed by atoms with E-state index in [2.05, 4.69) is 0 Å². The summed E-state index contributed by atoms with van der Waals surface area (Å²) in [5, 5.41) is 0. The second-order valence-corrected chi connectivity index (χ2v) is 9.20. The van der Waals surface area contributed by atoms with Crippen LogP contribution in [0.5, 0.6) is 0 Å². The Hall–Kier alpha value is -0.980. The Morgan fingerprint density at radius 3 is 2.26 bits per heavy atom. The van der Waals surface area contributed by atoms with Crippen LogP contribution in [0.4, 0.5) is 0 Å². The molecule has 0 fully saturated rings. The molecule has 156 valence electrons. The van der Waals surface area contributed by atoms with Crippen molar-refractivity contribution >= 4 is 52.5 Å². The smallest absolute Gasteiger partial charge is 0.257 e. The topological polar surface area (TPSA) is 89.7 Å². The zero-order chi connectivity index (χ0) is 21.2. The minimum absolute atomic E-state index is 0.166. The summed E-state index contributed by atoms with van der Waals surface area (Å²) in [6, 6.07) is -0.331. The van der Waals surface area contributed by atoms with E-state index >= 15 is 0 Å². The Balaban J connectivity index is 0.000000972. The fourth-order valence-corrected chi connectivity index (χ4v) is 2.94. The maximum atomic E-state index is 12.3. The fraction of sp³-hybridized carbons (Fsp3) is 0.722. The van der Waals surface area contributed by atoms with Gasteiger partial charge in [-0.2, -0.15) is 0 Å². The first-order valence-corrected chi connectivity index (χ1v) is 10.0. The molecule has 1 unspecified atom stereocenters. The second kappa shape index (κ2) is 12.5. The molecule has 3 amide bonds. The third-order valence-electron chi connectivity index (χ3n) is 3.69. The summed E-state index contributed by atoms with van der Waals surface area (Å²) in [4.78, 5) is 35.4. The third-order valence-corrected chi connectivity index (χ3v) is 4.26. The van der Waals surface area contributed by atoms with Gasteiger partial charge in [-0.05, 0) is 31.6 Å². The number of hydrogen-bond donors (Lipinski definition) is 1. The van der Waals surface area contributed by atoms with Gasteiger partial charge in [-0.1, -0.05) is 55.6 Å². The number of imide groups is 1. The third kappa shape index (κ3) is 10.8. The van der Waals surface area contributed by atoms with Gasteiger partial charge in [0.25, 0.3) is 5.91 Å². The summed E-state index contributed by atoms with van der Waals surface area (Å²) >= 11 is 17.0. The highest BCUT2D eigenvalue weighted by Gasteiger charge is 2.38. The van der Waals surface area contributed by atoms with E-state index in [9.17, 15) is 14.4 Å². The van der Waals surface area contributed by atoms with Crippen LogP contribution in [0.15, 0.2) is 11.8 Å². The van der Waals surface area contributed by atoms with Crippen molar-refractivity contribution in [1.29, 1.82) is 0 Å². The molecule has 0 aromatic carbocycles. The number of amides is 3. The van der Waals surface area contributed by atoms with Crippen LogP contribution in [0.1, 0.15) is 59.3 Å². The summed E-state index contributed by atoms with van der Waals surface area (Å²) in [6.45, 7) is 5.98. The van der Waals surface area contributed by atoms with Gasteiger partial charge in [0, 0.05) is 18.9 Å². The van der Waals surface area contributed by atoms with Crippen molar-refractivity contribution in [2.75, 3.05) is 7.11 Å². The van der Waals surface area contributed by atoms with Crippen LogP contribution < -0.4 is 5.73 Å². The largest absolute Gasteiger partial charge is 0.499 e. The zero-order valence-electron chi connectivity index (χ0n) is 16.3. The number of hydrogen-bond acceptors (Lipinski definition) is 4. The molecule has 0 bridgehead atoms. The summed E-state index contributed by atoms with van der Waals surface area (Å²) < 4.78 is 3.84. The van der Waals surface area contributed by atoms with Crippen molar-refractivity contribution in [3.63, 3.8) is 0 Å². The first-order chi connectivity index (χ1) is 12.4. The average molecular weight is 444 g/mol. The van der Waals surface area contributed by atoms with Crippen molar-refractivity contribution in [2.45, 2.75) is 69.1 Å². The number of primary amides is 1. The number of alkyl halides is 3. The van der Waals surface area contributed by atoms with Crippen molar-refractivity contribution < 1.29 is 19.1 Å². The SMILES string of the molecule is CCCC(N)=O.COC1=CC(=O)N(C(=O)CCCC(Cl)(Cl)Cl)C1CC(C)C. The van der Waals surface area contributed by atoms with Crippen LogP contribution in [-0.4, -0.2) is 39.6 Å². The first kappa shape index (κ1) is 26.0. The lowest BCUT2D eigenvalue weighted by molar-refractivity contribution is -0.143. The highest BCUT2D eigenvalue weighted by Crippen LogP contribution is 2.32. The monoisotopic (exact) mass is 442 g/mol. The molecule has 27 heavy (non-hydrogen) atoms. The Kier molecular flexibility index (Phi) is 12.0. The van der Waals surface area contributed by atoms with E-state index in [-0.39, 0.29) is 36.6 Å². The summed E-state index contributed by atoms with van der Waals surface area (Å²) in [5.41, 5.74) is 4.76. The molecule has 9 heteroatoms. The fourth-order valence-electron chi connectivity index (χ4n) is 2.53. The van der Waals surface area contributed by atoms with Crippen LogP contribution in [0, 0.1) is 5.92 Å². The van der Waals surface area contributed by atoms with Crippen molar-refractivity contribution in [1.82, 2.24) is 4.90 Å². The molecule has 0 saturated heterocycles. The summed E-state index contributed by atoms with van der Waals surface area (Å²) in [6.07, 6.45) is 4.26. The molecular weight excluding hydrogens is 415 g/mol. The molecule has 2 N–H and O–H groups in total. The standard InChI is InChI=1S/C14H20Cl3NO3.C4H9NO/c1-9(2)7-10-11(21-3)8-13(20)18(10)12(19)5-4-6-14(15,16)17;1-2-3-4(5)6/h8-10H,4-7H2,1-3H3;2-3H2,1H3,(H2,5,6). The zero-order valence-corrected chi connectivity index (χ0v) is 18.5. The van der Waals surface area contributed by atoms with Crippen LogP contribution in [0.3, 0.4) is 0 Å². The minimum Gasteiger partial charge on any atom is -0.499 e. The summed E-state index contributed by atoms with van der Waals surface area (Å²) in [5.74, 6) is 0.0523. The second-order valence-electron chi connectivity index (χ2n) is 6.68. The molecule has 1 atom stereocenters. The van der Waals surface area contributed by atoms with Crippen LogP contribution in [0.2, 0.25) is 0 Å².